The second kappa shape index (κ2) is 12.6. The number of nitrogens with zero attached hydrogens (tertiary/aromatic N) is 3. The van der Waals surface area contributed by atoms with Gasteiger partial charge in [0.05, 0.1) is 30.2 Å². The Balaban J connectivity index is 1.21. The molecule has 0 fully saturated rings. The van der Waals surface area contributed by atoms with Crippen LogP contribution >= 0.6 is 0 Å². The molecule has 0 spiro atoms. The van der Waals surface area contributed by atoms with Gasteiger partial charge in [-0.3, -0.25) is 14.9 Å². The highest BCUT2D eigenvalue weighted by molar-refractivity contribution is 5.27. The van der Waals surface area contributed by atoms with Crippen molar-refractivity contribution in [2.45, 2.75) is 51.5 Å². The topological polar surface area (TPSA) is 66.2 Å². The number of nitrogens with one attached hydrogen (secondary N) is 2. The summed E-state index contributed by atoms with van der Waals surface area (Å²) in [7, 11) is 0. The van der Waals surface area contributed by atoms with Crippen molar-refractivity contribution in [3.63, 3.8) is 0 Å². The SMILES string of the molecule is c1ccc(CNCc2ccc(CN(CCNCc3ccco3)C3CCCc4cccnc43)cc2)nc1. The Labute approximate surface area is 213 Å². The van der Waals surface area contributed by atoms with E-state index in [1.54, 1.807) is 6.26 Å². The molecule has 1 aliphatic rings. The van der Waals surface area contributed by atoms with Gasteiger partial charge in [0.1, 0.15) is 5.76 Å². The van der Waals surface area contributed by atoms with Gasteiger partial charge in [-0.15, -0.1) is 0 Å². The number of aryl methyl sites for hydroxylation is 1. The molecule has 0 aliphatic heterocycles. The van der Waals surface area contributed by atoms with Gasteiger partial charge >= 0.3 is 0 Å². The van der Waals surface area contributed by atoms with E-state index in [1.165, 1.54) is 28.8 Å². The summed E-state index contributed by atoms with van der Waals surface area (Å²) in [6.45, 7) is 5.11. The molecule has 0 bridgehead atoms. The molecular weight excluding hydrogens is 446 g/mol. The van der Waals surface area contributed by atoms with E-state index in [1.807, 2.05) is 42.7 Å². The lowest BCUT2D eigenvalue weighted by atomic mass is 9.90. The molecule has 0 radical (unpaired) electrons. The van der Waals surface area contributed by atoms with Crippen LogP contribution in [0.5, 0.6) is 0 Å². The largest absolute Gasteiger partial charge is 0.468 e. The first-order valence-corrected chi connectivity index (χ1v) is 12.9. The Morgan fingerprint density at radius 3 is 2.56 bits per heavy atom. The highest BCUT2D eigenvalue weighted by atomic mass is 16.3. The second-order valence-corrected chi connectivity index (χ2v) is 9.42. The van der Waals surface area contributed by atoms with Crippen molar-refractivity contribution in [3.05, 3.63) is 119 Å². The van der Waals surface area contributed by atoms with E-state index >= 15 is 0 Å². The monoisotopic (exact) mass is 481 g/mol. The van der Waals surface area contributed by atoms with E-state index in [0.717, 1.165) is 63.6 Å². The third kappa shape index (κ3) is 6.66. The van der Waals surface area contributed by atoms with Gasteiger partial charge in [0.2, 0.25) is 0 Å². The van der Waals surface area contributed by atoms with Crippen LogP contribution in [0.15, 0.2) is 89.8 Å². The molecule has 3 aromatic heterocycles. The number of hydrogen-bond acceptors (Lipinski definition) is 6. The van der Waals surface area contributed by atoms with Crippen LogP contribution in [0.1, 0.15) is 52.7 Å². The summed E-state index contributed by atoms with van der Waals surface area (Å²) >= 11 is 0. The van der Waals surface area contributed by atoms with E-state index in [4.69, 9.17) is 9.40 Å². The summed E-state index contributed by atoms with van der Waals surface area (Å²) in [5.74, 6) is 0.971. The molecular formula is C30H35N5O. The lowest BCUT2D eigenvalue weighted by Crippen LogP contribution is -2.36. The van der Waals surface area contributed by atoms with Gasteiger partial charge < -0.3 is 15.1 Å². The lowest BCUT2D eigenvalue weighted by Gasteiger charge is -2.35. The van der Waals surface area contributed by atoms with Crippen LogP contribution in [0.25, 0.3) is 0 Å². The number of benzene rings is 1. The van der Waals surface area contributed by atoms with Gasteiger partial charge in [-0.25, -0.2) is 0 Å². The fraction of sp³-hybridized carbons (Fsp3) is 0.333. The summed E-state index contributed by atoms with van der Waals surface area (Å²) in [5.41, 5.74) is 6.33. The maximum absolute atomic E-state index is 5.47. The van der Waals surface area contributed by atoms with Crippen LogP contribution in [0.2, 0.25) is 0 Å². The van der Waals surface area contributed by atoms with Crippen molar-refractivity contribution in [2.24, 2.45) is 0 Å². The van der Waals surface area contributed by atoms with E-state index in [-0.39, 0.29) is 0 Å². The average molecular weight is 482 g/mol. The van der Waals surface area contributed by atoms with Gasteiger partial charge in [-0.2, -0.15) is 0 Å². The third-order valence-electron chi connectivity index (χ3n) is 6.83. The van der Waals surface area contributed by atoms with Crippen molar-refractivity contribution >= 4 is 0 Å². The Morgan fingerprint density at radius 1 is 0.833 bits per heavy atom. The van der Waals surface area contributed by atoms with Crippen molar-refractivity contribution < 1.29 is 4.42 Å². The maximum Gasteiger partial charge on any atom is 0.117 e. The molecule has 1 unspecified atom stereocenters. The third-order valence-corrected chi connectivity index (χ3v) is 6.83. The molecule has 6 nitrogen and oxygen atoms in total. The number of rotatable bonds is 12. The summed E-state index contributed by atoms with van der Waals surface area (Å²) in [6, 6.07) is 23.6. The Kier molecular flexibility index (Phi) is 8.52. The summed E-state index contributed by atoms with van der Waals surface area (Å²) in [6.07, 6.45) is 9.00. The van der Waals surface area contributed by atoms with E-state index in [9.17, 15) is 0 Å². The number of aromatic nitrogens is 2. The molecule has 1 atom stereocenters. The van der Waals surface area contributed by atoms with Crippen LogP contribution in [-0.4, -0.2) is 28.0 Å². The molecule has 2 N–H and O–H groups in total. The van der Waals surface area contributed by atoms with Crippen LogP contribution in [0.4, 0.5) is 0 Å². The summed E-state index contributed by atoms with van der Waals surface area (Å²) < 4.78 is 5.47. The Bertz CT molecular complexity index is 1180. The predicted octanol–water partition coefficient (Wildman–Crippen LogP) is 5.03. The fourth-order valence-corrected chi connectivity index (χ4v) is 4.97. The van der Waals surface area contributed by atoms with Crippen LogP contribution in [0.3, 0.4) is 0 Å². The first-order chi connectivity index (χ1) is 17.8. The standard InChI is InChI=1S/C30H35N5O/c1-2-15-33-27(8-1)21-32-20-24-11-13-25(14-12-24)23-35(18-17-31-22-28-9-5-19-36-28)29-10-3-6-26-7-4-16-34-30(26)29/h1-2,4-5,7-9,11-16,19,29,31-32H,3,6,10,17-18,20-23H2. The number of hydrogen-bond donors (Lipinski definition) is 2. The van der Waals surface area contributed by atoms with Crippen LogP contribution in [-0.2, 0) is 32.6 Å². The molecule has 5 rings (SSSR count). The molecule has 186 valence electrons. The minimum atomic E-state index is 0.347. The number of furan rings is 1. The summed E-state index contributed by atoms with van der Waals surface area (Å²) in [4.78, 5) is 11.8. The summed E-state index contributed by atoms with van der Waals surface area (Å²) in [5, 5.41) is 7.03. The van der Waals surface area contributed by atoms with Crippen molar-refractivity contribution in [2.75, 3.05) is 13.1 Å². The normalized spacial score (nSPS) is 15.2. The number of fused-ring (bicyclic) bond motifs is 1. The fourth-order valence-electron chi connectivity index (χ4n) is 4.97. The van der Waals surface area contributed by atoms with Crippen molar-refractivity contribution in [1.82, 2.24) is 25.5 Å². The first-order valence-electron chi connectivity index (χ1n) is 12.9. The quantitative estimate of drug-likeness (QED) is 0.277. The second-order valence-electron chi connectivity index (χ2n) is 9.42. The molecule has 36 heavy (non-hydrogen) atoms. The van der Waals surface area contributed by atoms with E-state index in [0.29, 0.717) is 6.04 Å². The zero-order valence-corrected chi connectivity index (χ0v) is 20.8. The highest BCUT2D eigenvalue weighted by Crippen LogP contribution is 2.33. The average Bonchev–Trinajstić information content (AvgIpc) is 3.45. The molecule has 3 heterocycles. The lowest BCUT2D eigenvalue weighted by molar-refractivity contribution is 0.166. The molecule has 0 saturated heterocycles. The maximum atomic E-state index is 5.47. The first kappa shape index (κ1) is 24.4. The minimum Gasteiger partial charge on any atom is -0.468 e. The number of pyridine rings is 2. The molecule has 4 aromatic rings. The Morgan fingerprint density at radius 2 is 1.72 bits per heavy atom. The zero-order chi connectivity index (χ0) is 24.4. The molecule has 6 heteroatoms. The molecule has 1 aromatic carbocycles. The smallest absolute Gasteiger partial charge is 0.117 e. The predicted molar refractivity (Wildman–Crippen MR) is 142 cm³/mol. The van der Waals surface area contributed by atoms with Crippen molar-refractivity contribution in [3.8, 4) is 0 Å². The minimum absolute atomic E-state index is 0.347. The highest BCUT2D eigenvalue weighted by Gasteiger charge is 2.27. The van der Waals surface area contributed by atoms with Gasteiger partial charge in [-0.05, 0) is 66.3 Å². The van der Waals surface area contributed by atoms with Gasteiger partial charge in [0, 0.05) is 45.1 Å². The zero-order valence-electron chi connectivity index (χ0n) is 20.8. The van der Waals surface area contributed by atoms with Gasteiger partial charge in [0.25, 0.3) is 0 Å². The van der Waals surface area contributed by atoms with Gasteiger partial charge in [-0.1, -0.05) is 36.4 Å². The Hall–Kier alpha value is -3.32. The van der Waals surface area contributed by atoms with Crippen molar-refractivity contribution in [1.29, 1.82) is 0 Å². The van der Waals surface area contributed by atoms with Crippen LogP contribution < -0.4 is 10.6 Å². The van der Waals surface area contributed by atoms with E-state index in [2.05, 4.69) is 56.9 Å². The molecule has 0 amide bonds. The van der Waals surface area contributed by atoms with Crippen LogP contribution in [0, 0.1) is 0 Å². The molecule has 1 aliphatic carbocycles. The molecule has 0 saturated carbocycles. The van der Waals surface area contributed by atoms with E-state index < -0.39 is 0 Å². The van der Waals surface area contributed by atoms with Gasteiger partial charge in [0.15, 0.2) is 0 Å².